The van der Waals surface area contributed by atoms with Crippen LogP contribution in [0.5, 0.6) is 0 Å². The van der Waals surface area contributed by atoms with E-state index in [0.29, 0.717) is 4.87 Å². The lowest BCUT2D eigenvalue weighted by Crippen LogP contribution is -2.47. The largest absolute Gasteiger partial charge is 0.317 e. The molecule has 78 valence electrons. The Kier molecular flexibility index (Phi) is 4.56. The summed E-state index contributed by atoms with van der Waals surface area (Å²) in [5, 5.41) is 3.42. The van der Waals surface area contributed by atoms with Crippen LogP contribution in [-0.2, 0) is 0 Å². The minimum Gasteiger partial charge on any atom is -0.317 e. The Hall–Kier alpha value is 0.270. The molecule has 1 N–H and O–H groups in total. The van der Waals surface area contributed by atoms with Gasteiger partial charge in [0, 0.05) is 12.3 Å². The SMILES string of the molecule is CC.CN1CCSC12CCNCC2. The molecular formula is C10H22N2S. The third kappa shape index (κ3) is 2.39. The highest BCUT2D eigenvalue weighted by molar-refractivity contribution is 8.00. The van der Waals surface area contributed by atoms with Gasteiger partial charge < -0.3 is 5.32 Å². The van der Waals surface area contributed by atoms with Crippen LogP contribution in [0.25, 0.3) is 0 Å². The van der Waals surface area contributed by atoms with Crippen LogP contribution >= 0.6 is 11.8 Å². The number of nitrogens with one attached hydrogen (secondary N) is 1. The minimum atomic E-state index is 0.519. The first-order chi connectivity index (χ1) is 6.33. The van der Waals surface area contributed by atoms with Crippen molar-refractivity contribution in [3.8, 4) is 0 Å². The molecule has 0 radical (unpaired) electrons. The van der Waals surface area contributed by atoms with Crippen LogP contribution in [0.2, 0.25) is 0 Å². The summed E-state index contributed by atoms with van der Waals surface area (Å²) in [7, 11) is 2.27. The van der Waals surface area contributed by atoms with E-state index in [4.69, 9.17) is 0 Å². The second-order valence-electron chi connectivity index (χ2n) is 3.47. The van der Waals surface area contributed by atoms with Gasteiger partial charge in [-0.2, -0.15) is 0 Å². The summed E-state index contributed by atoms with van der Waals surface area (Å²) in [6.07, 6.45) is 2.66. The van der Waals surface area contributed by atoms with E-state index in [0.717, 1.165) is 0 Å². The molecule has 0 aromatic rings. The molecule has 2 fully saturated rings. The highest BCUT2D eigenvalue weighted by Crippen LogP contribution is 2.41. The molecule has 2 heterocycles. The molecule has 0 saturated carbocycles. The van der Waals surface area contributed by atoms with Crippen LogP contribution < -0.4 is 5.32 Å². The molecule has 2 aliphatic rings. The predicted molar refractivity (Wildman–Crippen MR) is 61.3 cm³/mol. The van der Waals surface area contributed by atoms with Crippen LogP contribution in [-0.4, -0.2) is 42.2 Å². The fourth-order valence-corrected chi connectivity index (χ4v) is 3.58. The van der Waals surface area contributed by atoms with Crippen LogP contribution in [0, 0.1) is 0 Å². The van der Waals surface area contributed by atoms with Gasteiger partial charge in [-0.3, -0.25) is 4.90 Å². The van der Waals surface area contributed by atoms with Gasteiger partial charge in [0.15, 0.2) is 0 Å². The molecule has 0 atom stereocenters. The number of thioether (sulfide) groups is 1. The third-order valence-corrected chi connectivity index (χ3v) is 4.52. The standard InChI is InChI=1S/C8H16N2S.C2H6/c1-10-6-7-11-8(10)2-4-9-5-3-8;1-2/h9H,2-7H2,1H3;1-2H3. The second-order valence-corrected chi connectivity index (χ2v) is 4.92. The third-order valence-electron chi connectivity index (χ3n) is 2.88. The molecule has 0 aliphatic carbocycles. The molecule has 0 bridgehead atoms. The zero-order valence-electron chi connectivity index (χ0n) is 9.10. The zero-order valence-corrected chi connectivity index (χ0v) is 9.91. The molecule has 3 heteroatoms. The summed E-state index contributed by atoms with van der Waals surface area (Å²) < 4.78 is 0. The lowest BCUT2D eigenvalue weighted by Gasteiger charge is -2.38. The van der Waals surface area contributed by atoms with Gasteiger partial charge in [0.2, 0.25) is 0 Å². The van der Waals surface area contributed by atoms with Crippen molar-refractivity contribution in [2.45, 2.75) is 31.6 Å². The predicted octanol–water partition coefficient (Wildman–Crippen LogP) is 1.77. The van der Waals surface area contributed by atoms with E-state index in [1.807, 2.05) is 13.8 Å². The average Bonchev–Trinajstić information content (AvgIpc) is 2.53. The van der Waals surface area contributed by atoms with E-state index in [9.17, 15) is 0 Å². The zero-order chi connectivity index (χ0) is 9.73. The maximum Gasteiger partial charge on any atom is 0.0692 e. The van der Waals surface area contributed by atoms with Gasteiger partial charge in [-0.25, -0.2) is 0 Å². The van der Waals surface area contributed by atoms with E-state index in [2.05, 4.69) is 29.0 Å². The number of nitrogens with zero attached hydrogens (tertiary/aromatic N) is 1. The Morgan fingerprint density at radius 1 is 1.23 bits per heavy atom. The fourth-order valence-electron chi connectivity index (χ4n) is 2.03. The number of piperidine rings is 1. The molecule has 2 rings (SSSR count). The topological polar surface area (TPSA) is 15.3 Å². The van der Waals surface area contributed by atoms with E-state index in [-0.39, 0.29) is 0 Å². The monoisotopic (exact) mass is 202 g/mol. The molecule has 2 saturated heterocycles. The maximum atomic E-state index is 3.42. The Balaban J connectivity index is 0.000000396. The Morgan fingerprint density at radius 2 is 1.85 bits per heavy atom. The summed E-state index contributed by atoms with van der Waals surface area (Å²) in [4.78, 5) is 3.06. The summed E-state index contributed by atoms with van der Waals surface area (Å²) >= 11 is 2.16. The summed E-state index contributed by atoms with van der Waals surface area (Å²) in [5.41, 5.74) is 0. The minimum absolute atomic E-state index is 0.519. The van der Waals surface area contributed by atoms with Gasteiger partial charge in [-0.05, 0) is 33.0 Å². The van der Waals surface area contributed by atoms with E-state index in [1.165, 1.54) is 38.2 Å². The number of hydrogen-bond acceptors (Lipinski definition) is 3. The quantitative estimate of drug-likeness (QED) is 0.644. The molecule has 0 amide bonds. The highest BCUT2D eigenvalue weighted by Gasteiger charge is 2.39. The van der Waals surface area contributed by atoms with E-state index >= 15 is 0 Å². The first-order valence-corrected chi connectivity index (χ1v) is 6.38. The maximum absolute atomic E-state index is 3.42. The molecule has 13 heavy (non-hydrogen) atoms. The van der Waals surface area contributed by atoms with Crippen molar-refractivity contribution >= 4 is 11.8 Å². The number of rotatable bonds is 0. The summed E-state index contributed by atoms with van der Waals surface area (Å²) in [6.45, 7) is 7.69. The fraction of sp³-hybridized carbons (Fsp3) is 1.00. The van der Waals surface area contributed by atoms with Gasteiger partial charge in [-0.15, -0.1) is 11.8 Å². The molecule has 0 aromatic carbocycles. The van der Waals surface area contributed by atoms with Crippen molar-refractivity contribution in [3.63, 3.8) is 0 Å². The van der Waals surface area contributed by atoms with Crippen LogP contribution in [0.4, 0.5) is 0 Å². The second kappa shape index (κ2) is 5.23. The van der Waals surface area contributed by atoms with Crippen LogP contribution in [0.15, 0.2) is 0 Å². The van der Waals surface area contributed by atoms with Crippen LogP contribution in [0.3, 0.4) is 0 Å². The van der Waals surface area contributed by atoms with Crippen LogP contribution in [0.1, 0.15) is 26.7 Å². The molecular weight excluding hydrogens is 180 g/mol. The molecule has 2 nitrogen and oxygen atoms in total. The first kappa shape index (κ1) is 11.3. The van der Waals surface area contributed by atoms with Gasteiger partial charge in [0.05, 0.1) is 4.87 Å². The lowest BCUT2D eigenvalue weighted by molar-refractivity contribution is 0.192. The average molecular weight is 202 g/mol. The normalized spacial score (nSPS) is 27.0. The summed E-state index contributed by atoms with van der Waals surface area (Å²) in [5.74, 6) is 1.33. The van der Waals surface area contributed by atoms with Crippen molar-refractivity contribution < 1.29 is 0 Å². The Morgan fingerprint density at radius 3 is 2.31 bits per heavy atom. The van der Waals surface area contributed by atoms with Gasteiger partial charge in [0.1, 0.15) is 0 Å². The van der Waals surface area contributed by atoms with Crippen molar-refractivity contribution in [3.05, 3.63) is 0 Å². The Labute approximate surface area is 86.5 Å². The van der Waals surface area contributed by atoms with E-state index < -0.39 is 0 Å². The smallest absolute Gasteiger partial charge is 0.0692 e. The first-order valence-electron chi connectivity index (χ1n) is 5.39. The van der Waals surface area contributed by atoms with Crippen molar-refractivity contribution in [2.75, 3.05) is 32.4 Å². The number of hydrogen-bond donors (Lipinski definition) is 1. The van der Waals surface area contributed by atoms with Crippen molar-refractivity contribution in [2.24, 2.45) is 0 Å². The van der Waals surface area contributed by atoms with Gasteiger partial charge in [0.25, 0.3) is 0 Å². The van der Waals surface area contributed by atoms with Crippen molar-refractivity contribution in [1.82, 2.24) is 10.2 Å². The molecule has 1 spiro atoms. The van der Waals surface area contributed by atoms with Gasteiger partial charge in [-0.1, -0.05) is 13.8 Å². The summed E-state index contributed by atoms with van der Waals surface area (Å²) in [6, 6.07) is 0. The molecule has 0 unspecified atom stereocenters. The molecule has 2 aliphatic heterocycles. The Bertz CT molecular complexity index is 144. The molecule has 0 aromatic heterocycles. The highest BCUT2D eigenvalue weighted by atomic mass is 32.2. The lowest BCUT2D eigenvalue weighted by atomic mass is 10.0. The van der Waals surface area contributed by atoms with Crippen molar-refractivity contribution in [1.29, 1.82) is 0 Å². The van der Waals surface area contributed by atoms with Gasteiger partial charge >= 0.3 is 0 Å². The van der Waals surface area contributed by atoms with E-state index in [1.54, 1.807) is 0 Å².